The molecule has 1 saturated heterocycles. The summed E-state index contributed by atoms with van der Waals surface area (Å²) in [5, 5.41) is 0. The molecule has 0 aromatic carbocycles. The molecule has 18 heavy (non-hydrogen) atoms. The average Bonchev–Trinajstić information content (AvgIpc) is 2.34. The smallest absolute Gasteiger partial charge is 0.310 e. The zero-order valence-corrected chi connectivity index (χ0v) is 11.5. The maximum Gasteiger partial charge on any atom is 0.310 e. The summed E-state index contributed by atoms with van der Waals surface area (Å²) < 4.78 is 26.6. The van der Waals surface area contributed by atoms with E-state index in [1.54, 1.807) is 4.90 Å². The predicted octanol–water partition coefficient (Wildman–Crippen LogP) is -0.167. The van der Waals surface area contributed by atoms with E-state index in [-0.39, 0.29) is 30.0 Å². The van der Waals surface area contributed by atoms with Crippen LogP contribution in [0.5, 0.6) is 0 Å². The Morgan fingerprint density at radius 2 is 2.06 bits per heavy atom. The van der Waals surface area contributed by atoms with E-state index in [1.165, 1.54) is 7.11 Å². The number of hydrogen-bond acceptors (Lipinski definition) is 5. The fourth-order valence-electron chi connectivity index (χ4n) is 1.99. The van der Waals surface area contributed by atoms with Crippen molar-refractivity contribution in [1.29, 1.82) is 0 Å². The van der Waals surface area contributed by atoms with Crippen LogP contribution in [-0.4, -0.2) is 57.4 Å². The number of sulfone groups is 1. The summed E-state index contributed by atoms with van der Waals surface area (Å²) in [5.74, 6) is -0.957. The molecule has 1 fully saturated rings. The largest absolute Gasteiger partial charge is 0.469 e. The van der Waals surface area contributed by atoms with Crippen molar-refractivity contribution in [1.82, 2.24) is 4.90 Å². The van der Waals surface area contributed by atoms with Gasteiger partial charge in [-0.2, -0.15) is 0 Å². The molecule has 0 aromatic heterocycles. The molecular weight excluding hydrogens is 258 g/mol. The number of methoxy groups -OCH3 is 1. The highest BCUT2D eigenvalue weighted by atomic mass is 32.2. The summed E-state index contributed by atoms with van der Waals surface area (Å²) in [4.78, 5) is 24.8. The number of ether oxygens (including phenoxy) is 1. The third-order valence-electron chi connectivity index (χ3n) is 3.00. The second-order valence-corrected chi connectivity index (χ2v) is 6.84. The molecule has 1 atom stereocenters. The fourth-order valence-corrected chi connectivity index (χ4v) is 2.54. The second kappa shape index (κ2) is 6.17. The minimum Gasteiger partial charge on any atom is -0.469 e. The van der Waals surface area contributed by atoms with Gasteiger partial charge in [-0.1, -0.05) is 0 Å². The Bertz CT molecular complexity index is 417. The van der Waals surface area contributed by atoms with Crippen LogP contribution < -0.4 is 0 Å². The van der Waals surface area contributed by atoms with E-state index < -0.39 is 9.84 Å². The summed E-state index contributed by atoms with van der Waals surface area (Å²) in [6.07, 6.45) is 2.54. The Hall–Kier alpha value is -1.11. The van der Waals surface area contributed by atoms with Crippen LogP contribution in [0.15, 0.2) is 0 Å². The topological polar surface area (TPSA) is 80.8 Å². The van der Waals surface area contributed by atoms with E-state index in [2.05, 4.69) is 4.74 Å². The highest BCUT2D eigenvalue weighted by Gasteiger charge is 2.29. The molecule has 0 N–H and O–H groups in total. The molecule has 0 radical (unpaired) electrons. The van der Waals surface area contributed by atoms with Gasteiger partial charge < -0.3 is 9.64 Å². The highest BCUT2D eigenvalue weighted by Crippen LogP contribution is 2.18. The molecule has 0 spiro atoms. The maximum atomic E-state index is 11.8. The van der Waals surface area contributed by atoms with Crippen LogP contribution in [0.4, 0.5) is 0 Å². The molecule has 7 heteroatoms. The van der Waals surface area contributed by atoms with Crippen molar-refractivity contribution < 1.29 is 22.7 Å². The molecule has 0 bridgehead atoms. The first-order valence-corrected chi connectivity index (χ1v) is 7.93. The Labute approximate surface area is 107 Å². The number of rotatable bonds is 4. The van der Waals surface area contributed by atoms with Crippen LogP contribution in [0, 0.1) is 5.92 Å². The molecule has 1 amide bonds. The minimum absolute atomic E-state index is 0.0211. The standard InChI is InChI=1S/C11H19NO5S/c1-17-11(14)9-4-3-6-12(8-9)10(13)5-7-18(2,15)16/h9H,3-8H2,1-2H3. The molecule has 1 aliphatic heterocycles. The lowest BCUT2D eigenvalue weighted by atomic mass is 9.98. The molecule has 1 unspecified atom stereocenters. The zero-order valence-electron chi connectivity index (χ0n) is 10.7. The Kier molecular flexibility index (Phi) is 5.13. The number of carbonyl (C=O) groups excluding carboxylic acids is 2. The van der Waals surface area contributed by atoms with E-state index in [1.807, 2.05) is 0 Å². The van der Waals surface area contributed by atoms with Gasteiger partial charge in [0.2, 0.25) is 5.91 Å². The van der Waals surface area contributed by atoms with Gasteiger partial charge in [-0.15, -0.1) is 0 Å². The summed E-state index contributed by atoms with van der Waals surface area (Å²) in [6, 6.07) is 0. The van der Waals surface area contributed by atoms with Crippen molar-refractivity contribution in [2.75, 3.05) is 32.2 Å². The van der Waals surface area contributed by atoms with Crippen LogP contribution in [0.3, 0.4) is 0 Å². The quantitative estimate of drug-likeness (QED) is 0.667. The zero-order chi connectivity index (χ0) is 13.8. The molecule has 0 aromatic rings. The molecular formula is C11H19NO5S. The minimum atomic E-state index is -3.13. The predicted molar refractivity (Wildman–Crippen MR) is 65.6 cm³/mol. The Morgan fingerprint density at radius 1 is 1.39 bits per heavy atom. The normalized spacial score (nSPS) is 20.6. The van der Waals surface area contributed by atoms with E-state index in [9.17, 15) is 18.0 Å². The second-order valence-electron chi connectivity index (χ2n) is 4.58. The number of hydrogen-bond donors (Lipinski definition) is 0. The van der Waals surface area contributed by atoms with Crippen molar-refractivity contribution in [2.24, 2.45) is 5.92 Å². The summed E-state index contributed by atoms with van der Waals surface area (Å²) in [7, 11) is -1.81. The maximum absolute atomic E-state index is 11.8. The lowest BCUT2D eigenvalue weighted by molar-refractivity contribution is -0.148. The van der Waals surface area contributed by atoms with Crippen LogP contribution in [-0.2, 0) is 24.2 Å². The molecule has 0 aliphatic carbocycles. The first-order valence-electron chi connectivity index (χ1n) is 5.87. The van der Waals surface area contributed by atoms with Crippen LogP contribution in [0.2, 0.25) is 0 Å². The number of likely N-dealkylation sites (tertiary alicyclic amines) is 1. The van der Waals surface area contributed by atoms with Crippen molar-refractivity contribution in [3.05, 3.63) is 0 Å². The molecule has 104 valence electrons. The number of nitrogens with zero attached hydrogens (tertiary/aromatic N) is 1. The van der Waals surface area contributed by atoms with Crippen LogP contribution in [0.1, 0.15) is 19.3 Å². The molecule has 1 heterocycles. The van der Waals surface area contributed by atoms with Gasteiger partial charge >= 0.3 is 5.97 Å². The molecule has 0 saturated carbocycles. The number of piperidine rings is 1. The fraction of sp³-hybridized carbons (Fsp3) is 0.818. The lowest BCUT2D eigenvalue weighted by Gasteiger charge is -2.31. The van der Waals surface area contributed by atoms with E-state index in [4.69, 9.17) is 0 Å². The lowest BCUT2D eigenvalue weighted by Crippen LogP contribution is -2.43. The van der Waals surface area contributed by atoms with Crippen molar-refractivity contribution in [3.8, 4) is 0 Å². The molecule has 1 rings (SSSR count). The first-order chi connectivity index (χ1) is 8.33. The Balaban J connectivity index is 2.51. The monoisotopic (exact) mass is 277 g/mol. The first kappa shape index (κ1) is 14.9. The van der Waals surface area contributed by atoms with Crippen molar-refractivity contribution in [2.45, 2.75) is 19.3 Å². The number of amides is 1. The average molecular weight is 277 g/mol. The van der Waals surface area contributed by atoms with E-state index >= 15 is 0 Å². The van der Waals surface area contributed by atoms with Gasteiger partial charge in [-0.05, 0) is 12.8 Å². The molecule has 1 aliphatic rings. The van der Waals surface area contributed by atoms with Crippen LogP contribution in [0.25, 0.3) is 0 Å². The van der Waals surface area contributed by atoms with E-state index in [0.717, 1.165) is 12.7 Å². The third kappa shape index (κ3) is 4.64. The van der Waals surface area contributed by atoms with Gasteiger partial charge in [0.1, 0.15) is 9.84 Å². The van der Waals surface area contributed by atoms with E-state index in [0.29, 0.717) is 19.5 Å². The summed E-state index contributed by atoms with van der Waals surface area (Å²) in [5.41, 5.74) is 0. The van der Waals surface area contributed by atoms with Gasteiger partial charge in [-0.3, -0.25) is 9.59 Å². The van der Waals surface area contributed by atoms with Crippen molar-refractivity contribution in [3.63, 3.8) is 0 Å². The van der Waals surface area contributed by atoms with Crippen molar-refractivity contribution >= 4 is 21.7 Å². The SMILES string of the molecule is COC(=O)C1CCCN(C(=O)CCS(C)(=O)=O)C1. The Morgan fingerprint density at radius 3 is 2.61 bits per heavy atom. The van der Waals surface area contributed by atoms with Crippen LogP contribution >= 0.6 is 0 Å². The van der Waals surface area contributed by atoms with Gasteiger partial charge in [-0.25, -0.2) is 8.42 Å². The summed E-state index contributed by atoms with van der Waals surface area (Å²) >= 11 is 0. The summed E-state index contributed by atoms with van der Waals surface area (Å²) in [6.45, 7) is 0.908. The van der Waals surface area contributed by atoms with Gasteiger partial charge in [0.05, 0.1) is 18.8 Å². The number of carbonyl (C=O) groups is 2. The van der Waals surface area contributed by atoms with Gasteiger partial charge in [0.25, 0.3) is 0 Å². The number of esters is 1. The molecule has 6 nitrogen and oxygen atoms in total. The highest BCUT2D eigenvalue weighted by molar-refractivity contribution is 7.90. The third-order valence-corrected chi connectivity index (χ3v) is 3.94. The van der Waals surface area contributed by atoms with Gasteiger partial charge in [0.15, 0.2) is 0 Å². The van der Waals surface area contributed by atoms with Gasteiger partial charge in [0, 0.05) is 25.8 Å².